The molecule has 3 nitrogen and oxygen atoms in total. The monoisotopic (exact) mass is 706 g/mol. The predicted molar refractivity (Wildman–Crippen MR) is 231 cm³/mol. The standard InChI is InChI=1S/C52H34N2O/c1-3-14-35(15-4-1)36-28-31-40(32-29-36)53(48-26-13-27-49-51(48)45-33-30-37-16-7-8-21-43(37)52(45)55-49)41-20-11-17-38(34-41)42-23-12-25-47-50(42)44-22-9-10-24-46(44)54(47)39-18-5-2-6-19-39/h1-34H/i28D,29D,31D,32D. The van der Waals surface area contributed by atoms with Crippen molar-refractivity contribution in [3.8, 4) is 27.9 Å². The summed E-state index contributed by atoms with van der Waals surface area (Å²) in [5.74, 6) is 0. The van der Waals surface area contributed by atoms with Gasteiger partial charge < -0.3 is 13.9 Å². The Balaban J connectivity index is 1.20. The minimum Gasteiger partial charge on any atom is -0.455 e. The van der Waals surface area contributed by atoms with E-state index in [2.05, 4.69) is 108 Å². The Morgan fingerprint density at radius 1 is 0.455 bits per heavy atom. The highest BCUT2D eigenvalue weighted by atomic mass is 16.3. The van der Waals surface area contributed by atoms with Crippen molar-refractivity contribution >= 4 is 71.6 Å². The Hall–Kier alpha value is -7.36. The molecule has 0 amide bonds. The van der Waals surface area contributed by atoms with Crippen LogP contribution in [-0.2, 0) is 0 Å². The van der Waals surface area contributed by atoms with E-state index in [0.29, 0.717) is 22.5 Å². The summed E-state index contributed by atoms with van der Waals surface area (Å²) >= 11 is 0. The molecule has 55 heavy (non-hydrogen) atoms. The van der Waals surface area contributed by atoms with Crippen LogP contribution < -0.4 is 4.90 Å². The van der Waals surface area contributed by atoms with Crippen molar-refractivity contribution in [3.63, 3.8) is 0 Å². The predicted octanol–water partition coefficient (Wildman–Crippen LogP) is 14.6. The lowest BCUT2D eigenvalue weighted by molar-refractivity contribution is 0.672. The fourth-order valence-corrected chi connectivity index (χ4v) is 8.20. The lowest BCUT2D eigenvalue weighted by Crippen LogP contribution is -2.10. The molecule has 0 aliphatic carbocycles. The van der Waals surface area contributed by atoms with Crippen LogP contribution in [0.2, 0.25) is 0 Å². The van der Waals surface area contributed by atoms with Gasteiger partial charge in [0, 0.05) is 38.6 Å². The molecule has 11 aromatic rings. The summed E-state index contributed by atoms with van der Waals surface area (Å²) in [5.41, 5.74) is 9.05. The third kappa shape index (κ3) is 5.05. The third-order valence-electron chi connectivity index (χ3n) is 10.6. The van der Waals surface area contributed by atoms with Gasteiger partial charge in [0.1, 0.15) is 11.2 Å². The number of benzene rings is 9. The molecule has 258 valence electrons. The van der Waals surface area contributed by atoms with E-state index in [9.17, 15) is 5.48 Å². The van der Waals surface area contributed by atoms with Crippen LogP contribution in [0.4, 0.5) is 17.1 Å². The van der Waals surface area contributed by atoms with Crippen molar-refractivity contribution < 1.29 is 9.90 Å². The van der Waals surface area contributed by atoms with E-state index in [1.165, 1.54) is 0 Å². The molecule has 0 saturated heterocycles. The number of furan rings is 1. The summed E-state index contributed by atoms with van der Waals surface area (Å²) in [6.07, 6.45) is 0. The van der Waals surface area contributed by atoms with Gasteiger partial charge in [-0.15, -0.1) is 0 Å². The molecule has 3 heteroatoms. The summed E-state index contributed by atoms with van der Waals surface area (Å²) in [6, 6.07) is 60.3. The van der Waals surface area contributed by atoms with E-state index in [0.717, 1.165) is 65.7 Å². The van der Waals surface area contributed by atoms with Crippen LogP contribution in [0.1, 0.15) is 5.48 Å². The first-order valence-corrected chi connectivity index (χ1v) is 18.4. The number of nitrogens with zero attached hydrogens (tertiary/aromatic N) is 2. The van der Waals surface area contributed by atoms with Crippen molar-refractivity contribution in [2.24, 2.45) is 0 Å². The van der Waals surface area contributed by atoms with Crippen LogP contribution in [0, 0.1) is 0 Å². The van der Waals surface area contributed by atoms with Crippen LogP contribution in [0.3, 0.4) is 0 Å². The molecule has 2 heterocycles. The van der Waals surface area contributed by atoms with Gasteiger partial charge in [0.2, 0.25) is 0 Å². The van der Waals surface area contributed by atoms with E-state index in [4.69, 9.17) is 4.42 Å². The highest BCUT2D eigenvalue weighted by molar-refractivity contribution is 6.20. The van der Waals surface area contributed by atoms with Crippen molar-refractivity contribution in [3.05, 3.63) is 206 Å². The number of hydrogen-bond acceptors (Lipinski definition) is 2. The average molecular weight is 707 g/mol. The lowest BCUT2D eigenvalue weighted by atomic mass is 9.98. The van der Waals surface area contributed by atoms with Crippen LogP contribution in [0.5, 0.6) is 0 Å². The van der Waals surface area contributed by atoms with Gasteiger partial charge >= 0.3 is 0 Å². The van der Waals surface area contributed by atoms with Gasteiger partial charge in [0.25, 0.3) is 0 Å². The van der Waals surface area contributed by atoms with Crippen molar-refractivity contribution in [2.75, 3.05) is 4.90 Å². The lowest BCUT2D eigenvalue weighted by Gasteiger charge is -2.27. The SMILES string of the molecule is [2H]c1c([2H])c(N(c2cccc(-c3cccc4c3c3ccccc3n4-c3ccccc3)c2)c2cccc3oc4c5ccccc5ccc4c23)c([2H])c([2H])c1-c1ccccc1. The Morgan fingerprint density at radius 2 is 1.15 bits per heavy atom. The Bertz CT molecular complexity index is 3420. The summed E-state index contributed by atoms with van der Waals surface area (Å²) in [5, 5.41) is 5.99. The first-order valence-electron chi connectivity index (χ1n) is 20.4. The maximum Gasteiger partial charge on any atom is 0.143 e. The fourth-order valence-electron chi connectivity index (χ4n) is 8.20. The molecule has 11 rings (SSSR count). The van der Waals surface area contributed by atoms with Gasteiger partial charge in [-0.1, -0.05) is 139 Å². The minimum atomic E-state index is -0.140. The first-order chi connectivity index (χ1) is 29.0. The largest absolute Gasteiger partial charge is 0.455 e. The summed E-state index contributed by atoms with van der Waals surface area (Å²) in [7, 11) is 0. The number of fused-ring (bicyclic) bond motifs is 8. The van der Waals surface area contributed by atoms with Gasteiger partial charge in [-0.05, 0) is 94.3 Å². The Kier molecular flexibility index (Phi) is 6.27. The highest BCUT2D eigenvalue weighted by Crippen LogP contribution is 2.46. The molecule has 0 spiro atoms. The number of hydrogen-bond donors (Lipinski definition) is 0. The van der Waals surface area contributed by atoms with Gasteiger partial charge in [-0.3, -0.25) is 0 Å². The molecule has 0 atom stereocenters. The van der Waals surface area contributed by atoms with Crippen LogP contribution >= 0.6 is 0 Å². The summed E-state index contributed by atoms with van der Waals surface area (Å²) in [4.78, 5) is 1.89. The van der Waals surface area contributed by atoms with E-state index < -0.39 is 0 Å². The van der Waals surface area contributed by atoms with Crippen molar-refractivity contribution in [2.45, 2.75) is 0 Å². The molecule has 0 saturated carbocycles. The van der Waals surface area contributed by atoms with Gasteiger partial charge in [0.05, 0.1) is 27.6 Å². The van der Waals surface area contributed by atoms with E-state index >= 15 is 0 Å². The summed E-state index contributed by atoms with van der Waals surface area (Å²) in [6.45, 7) is 0. The number of rotatable bonds is 6. The molecular weight excluding hydrogens is 669 g/mol. The maximum atomic E-state index is 9.64. The first kappa shape index (κ1) is 27.3. The quantitative estimate of drug-likeness (QED) is 0.172. The third-order valence-corrected chi connectivity index (χ3v) is 10.6. The topological polar surface area (TPSA) is 21.3 Å². The normalized spacial score (nSPS) is 12.7. The molecule has 0 fully saturated rings. The van der Waals surface area contributed by atoms with Gasteiger partial charge in [0.15, 0.2) is 0 Å². The molecule has 0 N–H and O–H groups in total. The molecule has 0 radical (unpaired) electrons. The second kappa shape index (κ2) is 12.6. The fraction of sp³-hybridized carbons (Fsp3) is 0. The van der Waals surface area contributed by atoms with Gasteiger partial charge in [-0.25, -0.2) is 0 Å². The van der Waals surface area contributed by atoms with Crippen molar-refractivity contribution in [1.82, 2.24) is 4.57 Å². The Morgan fingerprint density at radius 3 is 2.00 bits per heavy atom. The molecule has 0 bridgehead atoms. The number of para-hydroxylation sites is 2. The zero-order valence-electron chi connectivity index (χ0n) is 33.6. The molecule has 0 aliphatic heterocycles. The van der Waals surface area contributed by atoms with Crippen LogP contribution in [-0.4, -0.2) is 4.57 Å². The number of anilines is 3. The van der Waals surface area contributed by atoms with Crippen LogP contribution in [0.25, 0.3) is 82.5 Å². The summed E-state index contributed by atoms with van der Waals surface area (Å²) < 4.78 is 46.9. The maximum absolute atomic E-state index is 9.64. The molecule has 0 unspecified atom stereocenters. The van der Waals surface area contributed by atoms with Crippen LogP contribution in [0.15, 0.2) is 211 Å². The van der Waals surface area contributed by atoms with E-state index in [1.807, 2.05) is 83.8 Å². The molecule has 9 aromatic carbocycles. The molecule has 2 aromatic heterocycles. The van der Waals surface area contributed by atoms with Crippen molar-refractivity contribution in [1.29, 1.82) is 0 Å². The zero-order chi connectivity index (χ0) is 39.8. The second-order valence-electron chi connectivity index (χ2n) is 13.8. The zero-order valence-corrected chi connectivity index (χ0v) is 29.6. The molecule has 0 aliphatic rings. The highest BCUT2D eigenvalue weighted by Gasteiger charge is 2.22. The number of aromatic nitrogens is 1. The Labute approximate surface area is 324 Å². The smallest absolute Gasteiger partial charge is 0.143 e. The second-order valence-corrected chi connectivity index (χ2v) is 13.8. The van der Waals surface area contributed by atoms with Gasteiger partial charge in [-0.2, -0.15) is 0 Å². The van der Waals surface area contributed by atoms with E-state index in [1.54, 1.807) is 0 Å². The molecular formula is C52H34N2O. The van der Waals surface area contributed by atoms with E-state index in [-0.39, 0.29) is 35.4 Å². The average Bonchev–Trinajstić information content (AvgIpc) is 3.85. The minimum absolute atomic E-state index is 0.109.